The van der Waals surface area contributed by atoms with Crippen molar-refractivity contribution in [3.8, 4) is 11.5 Å². The van der Waals surface area contributed by atoms with Gasteiger partial charge < -0.3 is 19.5 Å². The Kier molecular flexibility index (Phi) is 8.47. The number of likely N-dealkylation sites (tertiary alicyclic amines) is 1. The summed E-state index contributed by atoms with van der Waals surface area (Å²) in [5.74, 6) is 0.439. The quantitative estimate of drug-likeness (QED) is 0.252. The average molecular weight is 678 g/mol. The molecule has 0 aromatic heterocycles. The SMILES string of the molecule is CC(=O)O[C@@]12CC[C@@H](N(CC(C)C)C(=O)Cc3ccc(Cl)c(Cl)c3)[C@@H]3Oc4c(O)ccc5c4[C@@]31CCN(CCc1ccccc1)[C@@H]2C5. The molecule has 2 heterocycles. The number of phenols is 1. The Balaban J connectivity index is 1.30. The Hall–Kier alpha value is -3.26. The number of carbonyl (C=O) groups is 2. The fourth-order valence-corrected chi connectivity index (χ4v) is 9.61. The lowest BCUT2D eigenvalue weighted by Gasteiger charge is -2.65. The molecule has 1 saturated carbocycles. The van der Waals surface area contributed by atoms with Crippen LogP contribution >= 0.6 is 23.2 Å². The maximum Gasteiger partial charge on any atom is 0.303 e. The predicted molar refractivity (Wildman–Crippen MR) is 182 cm³/mol. The van der Waals surface area contributed by atoms with Crippen molar-refractivity contribution in [2.75, 3.05) is 19.6 Å². The Bertz CT molecular complexity index is 1700. The number of piperidine rings is 1. The molecule has 3 aromatic carbocycles. The molecule has 0 radical (unpaired) electrons. The van der Waals surface area contributed by atoms with Crippen LogP contribution in [0.5, 0.6) is 11.5 Å². The van der Waals surface area contributed by atoms with Crippen molar-refractivity contribution in [1.82, 2.24) is 9.80 Å². The van der Waals surface area contributed by atoms with E-state index in [9.17, 15) is 14.7 Å². The normalized spacial score (nSPS) is 27.2. The van der Waals surface area contributed by atoms with Crippen LogP contribution in [-0.2, 0) is 39.0 Å². The number of carbonyl (C=O) groups excluding carboxylic acids is 2. The van der Waals surface area contributed by atoms with Gasteiger partial charge in [0.25, 0.3) is 0 Å². The highest BCUT2D eigenvalue weighted by atomic mass is 35.5. The summed E-state index contributed by atoms with van der Waals surface area (Å²) in [6.45, 7) is 7.90. The third-order valence-electron chi connectivity index (χ3n) is 11.0. The van der Waals surface area contributed by atoms with Gasteiger partial charge in [-0.25, -0.2) is 0 Å². The molecule has 47 heavy (non-hydrogen) atoms. The van der Waals surface area contributed by atoms with Crippen molar-refractivity contribution in [1.29, 1.82) is 0 Å². The molecule has 248 valence electrons. The highest BCUT2D eigenvalue weighted by Crippen LogP contribution is 2.67. The van der Waals surface area contributed by atoms with Crippen LogP contribution in [0, 0.1) is 5.92 Å². The molecule has 1 spiro atoms. The van der Waals surface area contributed by atoms with Gasteiger partial charge in [0.05, 0.1) is 34.0 Å². The smallest absolute Gasteiger partial charge is 0.303 e. The minimum atomic E-state index is -0.864. The maximum absolute atomic E-state index is 14.3. The zero-order chi connectivity index (χ0) is 33.1. The summed E-state index contributed by atoms with van der Waals surface area (Å²) in [6.07, 6.45) is 3.15. The highest BCUT2D eigenvalue weighted by Gasteiger charge is 2.75. The first kappa shape index (κ1) is 32.3. The average Bonchev–Trinajstić information content (AvgIpc) is 3.39. The van der Waals surface area contributed by atoms with Gasteiger partial charge in [-0.15, -0.1) is 0 Å². The van der Waals surface area contributed by atoms with Crippen LogP contribution in [0.3, 0.4) is 0 Å². The van der Waals surface area contributed by atoms with E-state index in [1.54, 1.807) is 18.2 Å². The fraction of sp³-hybridized carbons (Fsp3) is 0.474. The standard InChI is InChI=1S/C38H42Cl2N2O5/c1-23(2)22-42(33(45)20-26-9-11-28(39)29(40)19-26)30-13-15-38(47-24(3)43)32-21-27-10-12-31(44)35-34(27)37(38,36(30)46-35)16-18-41(32)17-14-25-7-5-4-6-8-25/h4-12,19,23,30,32,36,44H,13-18,20-22H2,1-3H3/t30-,32-,36+,37+,38-/m1/s1. The molecule has 2 fully saturated rings. The summed E-state index contributed by atoms with van der Waals surface area (Å²) < 4.78 is 13.5. The highest BCUT2D eigenvalue weighted by molar-refractivity contribution is 6.42. The number of hydrogen-bond donors (Lipinski definition) is 1. The van der Waals surface area contributed by atoms with Gasteiger partial charge in [0.1, 0.15) is 11.7 Å². The van der Waals surface area contributed by atoms with Gasteiger partial charge >= 0.3 is 5.97 Å². The molecule has 7 rings (SSSR count). The second-order valence-corrected chi connectivity index (χ2v) is 15.0. The number of halogens is 2. The zero-order valence-corrected chi connectivity index (χ0v) is 28.7. The first-order chi connectivity index (χ1) is 22.5. The minimum Gasteiger partial charge on any atom is -0.504 e. The molecule has 2 aliphatic heterocycles. The molecule has 2 aliphatic carbocycles. The zero-order valence-electron chi connectivity index (χ0n) is 27.2. The maximum atomic E-state index is 14.3. The first-order valence-electron chi connectivity index (χ1n) is 16.8. The fourth-order valence-electron chi connectivity index (χ4n) is 9.28. The number of rotatable bonds is 9. The molecule has 1 N–H and O–H groups in total. The molecule has 4 aliphatic rings. The summed E-state index contributed by atoms with van der Waals surface area (Å²) in [4.78, 5) is 31.9. The van der Waals surface area contributed by atoms with E-state index >= 15 is 0 Å². The van der Waals surface area contributed by atoms with Crippen LogP contribution in [0.2, 0.25) is 10.0 Å². The van der Waals surface area contributed by atoms with Gasteiger partial charge in [0, 0.05) is 25.6 Å². The minimum absolute atomic E-state index is 0.0184. The summed E-state index contributed by atoms with van der Waals surface area (Å²) >= 11 is 12.5. The third-order valence-corrected chi connectivity index (χ3v) is 11.7. The van der Waals surface area contributed by atoms with E-state index in [0.717, 1.165) is 36.2 Å². The molecule has 1 saturated heterocycles. The van der Waals surface area contributed by atoms with Crippen molar-refractivity contribution in [3.05, 3.63) is 93.0 Å². The number of nitrogens with zero attached hydrogens (tertiary/aromatic N) is 2. The Morgan fingerprint density at radius 1 is 1.06 bits per heavy atom. The van der Waals surface area contributed by atoms with Crippen LogP contribution < -0.4 is 4.74 Å². The summed E-state index contributed by atoms with van der Waals surface area (Å²) in [6, 6.07) is 19.2. The van der Waals surface area contributed by atoms with Gasteiger partial charge in [-0.2, -0.15) is 0 Å². The topological polar surface area (TPSA) is 79.3 Å². The lowest BCUT2D eigenvalue weighted by atomic mass is 9.48. The van der Waals surface area contributed by atoms with Crippen molar-refractivity contribution in [2.45, 2.75) is 88.5 Å². The molecule has 3 aromatic rings. The Morgan fingerprint density at radius 2 is 1.85 bits per heavy atom. The molecule has 5 atom stereocenters. The van der Waals surface area contributed by atoms with E-state index in [2.05, 4.69) is 43.0 Å². The van der Waals surface area contributed by atoms with E-state index in [1.165, 1.54) is 12.5 Å². The van der Waals surface area contributed by atoms with Crippen LogP contribution in [-0.4, -0.2) is 70.2 Å². The van der Waals surface area contributed by atoms with Crippen LogP contribution in [0.15, 0.2) is 60.7 Å². The van der Waals surface area contributed by atoms with Crippen molar-refractivity contribution in [3.63, 3.8) is 0 Å². The summed E-state index contributed by atoms with van der Waals surface area (Å²) in [5, 5.41) is 12.1. The van der Waals surface area contributed by atoms with Crippen LogP contribution in [0.25, 0.3) is 0 Å². The van der Waals surface area contributed by atoms with Gasteiger partial charge in [0.15, 0.2) is 11.5 Å². The summed E-state index contributed by atoms with van der Waals surface area (Å²) in [5.41, 5.74) is 2.58. The number of hydrogen-bond acceptors (Lipinski definition) is 6. The van der Waals surface area contributed by atoms with E-state index in [1.807, 2.05) is 23.1 Å². The monoisotopic (exact) mass is 676 g/mol. The van der Waals surface area contributed by atoms with E-state index < -0.39 is 17.1 Å². The Labute approximate surface area is 286 Å². The lowest BCUT2D eigenvalue weighted by Crippen LogP contribution is -2.79. The number of benzene rings is 3. The van der Waals surface area contributed by atoms with Crippen molar-refractivity contribution < 1.29 is 24.2 Å². The lowest BCUT2D eigenvalue weighted by molar-refractivity contribution is -0.224. The Morgan fingerprint density at radius 3 is 2.57 bits per heavy atom. The van der Waals surface area contributed by atoms with Gasteiger partial charge in [-0.3, -0.25) is 14.5 Å². The molecule has 0 unspecified atom stereocenters. The van der Waals surface area contributed by atoms with E-state index in [-0.39, 0.29) is 42.0 Å². The first-order valence-corrected chi connectivity index (χ1v) is 17.5. The van der Waals surface area contributed by atoms with E-state index in [4.69, 9.17) is 32.7 Å². The van der Waals surface area contributed by atoms with Crippen LogP contribution in [0.1, 0.15) is 62.3 Å². The third kappa shape index (κ3) is 5.30. The molecule has 2 bridgehead atoms. The second kappa shape index (κ2) is 12.3. The predicted octanol–water partition coefficient (Wildman–Crippen LogP) is 6.76. The molecule has 1 amide bonds. The number of phenolic OH excluding ortho intramolecular Hbond substituents is 1. The second-order valence-electron chi connectivity index (χ2n) is 14.2. The summed E-state index contributed by atoms with van der Waals surface area (Å²) in [7, 11) is 0. The number of amides is 1. The molecular formula is C38H42Cl2N2O5. The number of ether oxygens (including phenoxy) is 2. The van der Waals surface area contributed by atoms with Gasteiger partial charge in [0.2, 0.25) is 5.91 Å². The largest absolute Gasteiger partial charge is 0.504 e. The van der Waals surface area contributed by atoms with Gasteiger partial charge in [-0.1, -0.05) is 79.5 Å². The van der Waals surface area contributed by atoms with Gasteiger partial charge in [-0.05, 0) is 79.5 Å². The van der Waals surface area contributed by atoms with Crippen molar-refractivity contribution in [2.24, 2.45) is 5.92 Å². The number of aromatic hydroxyl groups is 1. The van der Waals surface area contributed by atoms with E-state index in [0.29, 0.717) is 48.0 Å². The molecule has 9 heteroatoms. The van der Waals surface area contributed by atoms with Crippen LogP contribution in [0.4, 0.5) is 0 Å². The molecular weight excluding hydrogens is 635 g/mol. The van der Waals surface area contributed by atoms with Crippen molar-refractivity contribution >= 4 is 35.1 Å². The molecule has 7 nitrogen and oxygen atoms in total. The number of esters is 1.